The van der Waals surface area contributed by atoms with Crippen LogP contribution in [0.2, 0.25) is 0 Å². The van der Waals surface area contributed by atoms with Gasteiger partial charge in [-0.05, 0) is 31.2 Å². The molecule has 0 bridgehead atoms. The van der Waals surface area contributed by atoms with E-state index < -0.39 is 5.97 Å². The Hall–Kier alpha value is -3.68. The molecule has 8 nitrogen and oxygen atoms in total. The highest BCUT2D eigenvalue weighted by Crippen LogP contribution is 2.39. The Morgan fingerprint density at radius 1 is 1.21 bits per heavy atom. The number of pyridine rings is 3. The number of nitrogens with zero attached hydrogens (tertiary/aromatic N) is 3. The maximum atomic E-state index is 12.1. The molecular formula is C20H19N5O3. The first-order chi connectivity index (χ1) is 13.7. The Morgan fingerprint density at radius 2 is 2.11 bits per heavy atom. The zero-order valence-corrected chi connectivity index (χ0v) is 15.5. The second kappa shape index (κ2) is 7.51. The van der Waals surface area contributed by atoms with Crippen LogP contribution < -0.4 is 15.4 Å². The first-order valence-corrected chi connectivity index (χ1v) is 8.81. The van der Waals surface area contributed by atoms with Crippen LogP contribution in [-0.4, -0.2) is 41.2 Å². The lowest BCUT2D eigenvalue weighted by molar-refractivity contribution is 0.0601. The topological polar surface area (TPSA) is 98.3 Å². The number of nitrogens with one attached hydrogen (secondary N) is 2. The van der Waals surface area contributed by atoms with E-state index in [4.69, 9.17) is 9.47 Å². The van der Waals surface area contributed by atoms with Gasteiger partial charge in [-0.3, -0.25) is 9.97 Å². The van der Waals surface area contributed by atoms with Crippen molar-refractivity contribution in [2.24, 2.45) is 0 Å². The number of aryl methyl sites for hydroxylation is 1. The minimum Gasteiger partial charge on any atom is -0.486 e. The van der Waals surface area contributed by atoms with Crippen LogP contribution in [0.25, 0.3) is 11.4 Å². The van der Waals surface area contributed by atoms with Gasteiger partial charge in [-0.2, -0.15) is 0 Å². The van der Waals surface area contributed by atoms with E-state index in [0.717, 1.165) is 11.4 Å². The zero-order chi connectivity index (χ0) is 19.5. The second-order valence-electron chi connectivity index (χ2n) is 6.21. The molecule has 0 fully saturated rings. The summed E-state index contributed by atoms with van der Waals surface area (Å²) in [6.07, 6.45) is 3.06. The Kier molecular flexibility index (Phi) is 4.76. The van der Waals surface area contributed by atoms with Gasteiger partial charge in [-0.15, -0.1) is 0 Å². The molecule has 0 unspecified atom stereocenters. The first kappa shape index (κ1) is 17.7. The molecule has 0 radical (unpaired) electrons. The fourth-order valence-corrected chi connectivity index (χ4v) is 2.95. The lowest BCUT2D eigenvalue weighted by atomic mass is 10.1. The van der Waals surface area contributed by atoms with Crippen LogP contribution in [0.15, 0.2) is 42.7 Å². The number of aromatic nitrogens is 3. The van der Waals surface area contributed by atoms with E-state index in [-0.39, 0.29) is 0 Å². The van der Waals surface area contributed by atoms with Crippen LogP contribution in [0.5, 0.6) is 5.75 Å². The van der Waals surface area contributed by atoms with E-state index in [1.54, 1.807) is 12.3 Å². The fourth-order valence-electron chi connectivity index (χ4n) is 2.95. The summed E-state index contributed by atoms with van der Waals surface area (Å²) < 4.78 is 10.7. The molecule has 0 saturated heterocycles. The summed E-state index contributed by atoms with van der Waals surface area (Å²) in [5, 5.41) is 6.52. The third-order valence-corrected chi connectivity index (χ3v) is 4.26. The molecule has 0 aliphatic carbocycles. The summed E-state index contributed by atoms with van der Waals surface area (Å²) in [4.78, 5) is 25.3. The van der Waals surface area contributed by atoms with Crippen molar-refractivity contribution in [2.45, 2.75) is 6.92 Å². The van der Waals surface area contributed by atoms with E-state index in [2.05, 4.69) is 25.6 Å². The Labute approximate surface area is 162 Å². The van der Waals surface area contributed by atoms with Crippen molar-refractivity contribution >= 4 is 23.2 Å². The highest BCUT2D eigenvalue weighted by atomic mass is 16.5. The molecule has 0 saturated carbocycles. The van der Waals surface area contributed by atoms with Gasteiger partial charge >= 0.3 is 5.97 Å². The van der Waals surface area contributed by atoms with Crippen molar-refractivity contribution in [3.05, 3.63) is 54.0 Å². The summed E-state index contributed by atoms with van der Waals surface area (Å²) in [5.41, 5.74) is 3.91. The average molecular weight is 377 g/mol. The molecule has 2 N–H and O–H groups in total. The summed E-state index contributed by atoms with van der Waals surface area (Å²) >= 11 is 0. The van der Waals surface area contributed by atoms with E-state index in [0.29, 0.717) is 47.4 Å². The molecular weight excluding hydrogens is 358 g/mol. The third kappa shape index (κ3) is 3.44. The largest absolute Gasteiger partial charge is 0.486 e. The summed E-state index contributed by atoms with van der Waals surface area (Å²) in [7, 11) is 1.34. The van der Waals surface area contributed by atoms with E-state index in [9.17, 15) is 4.79 Å². The monoisotopic (exact) mass is 377 g/mol. The number of methoxy groups -OCH3 is 1. The normalized spacial score (nSPS) is 12.4. The van der Waals surface area contributed by atoms with Gasteiger partial charge in [0.2, 0.25) is 0 Å². The van der Waals surface area contributed by atoms with Gasteiger partial charge in [0.05, 0.1) is 36.4 Å². The number of anilines is 3. The average Bonchev–Trinajstić information content (AvgIpc) is 2.73. The van der Waals surface area contributed by atoms with Gasteiger partial charge in [0.15, 0.2) is 11.6 Å². The van der Waals surface area contributed by atoms with Crippen LogP contribution in [0.1, 0.15) is 16.1 Å². The molecule has 8 heteroatoms. The molecule has 0 atom stereocenters. The van der Waals surface area contributed by atoms with E-state index in [1.807, 2.05) is 31.2 Å². The minimum absolute atomic E-state index is 0.328. The lowest BCUT2D eigenvalue weighted by Gasteiger charge is -2.23. The van der Waals surface area contributed by atoms with Crippen LogP contribution in [-0.2, 0) is 4.74 Å². The third-order valence-electron chi connectivity index (χ3n) is 4.26. The molecule has 4 rings (SSSR count). The number of ether oxygens (including phenoxy) is 2. The molecule has 1 aliphatic heterocycles. The quantitative estimate of drug-likeness (QED) is 0.669. The standard InChI is InChI=1S/C20H19N5O3/c1-12-4-3-5-15(23-12)16-10-17(18-19(25-16)22-8-9-28-18)24-14-6-7-21-11-13(14)20(26)27-2/h3-7,10-11H,8-9H2,1-2H3,(H2,21,22,24,25). The van der Waals surface area contributed by atoms with Crippen molar-refractivity contribution in [1.29, 1.82) is 0 Å². The summed E-state index contributed by atoms with van der Waals surface area (Å²) in [6, 6.07) is 9.34. The minimum atomic E-state index is -0.474. The molecule has 3 aromatic heterocycles. The smallest absolute Gasteiger partial charge is 0.341 e. The van der Waals surface area contributed by atoms with Crippen molar-refractivity contribution in [3.8, 4) is 17.1 Å². The van der Waals surface area contributed by atoms with Gasteiger partial charge in [0.1, 0.15) is 12.2 Å². The Morgan fingerprint density at radius 3 is 2.93 bits per heavy atom. The maximum absolute atomic E-state index is 12.1. The van der Waals surface area contributed by atoms with Crippen molar-refractivity contribution in [2.75, 3.05) is 30.9 Å². The van der Waals surface area contributed by atoms with Crippen molar-refractivity contribution in [3.63, 3.8) is 0 Å². The molecule has 142 valence electrons. The predicted octanol–water partition coefficient (Wildman–Crippen LogP) is 3.18. The number of carbonyl (C=O) groups excluding carboxylic acids is 1. The van der Waals surface area contributed by atoms with Gasteiger partial charge in [0, 0.05) is 18.1 Å². The highest BCUT2D eigenvalue weighted by molar-refractivity contribution is 5.96. The first-order valence-electron chi connectivity index (χ1n) is 8.81. The second-order valence-corrected chi connectivity index (χ2v) is 6.21. The Bertz CT molecular complexity index is 1040. The summed E-state index contributed by atoms with van der Waals surface area (Å²) in [6.45, 7) is 3.11. The fraction of sp³-hybridized carbons (Fsp3) is 0.200. The van der Waals surface area contributed by atoms with Crippen LogP contribution in [0.3, 0.4) is 0 Å². The van der Waals surface area contributed by atoms with Crippen molar-refractivity contribution < 1.29 is 14.3 Å². The molecule has 3 aromatic rings. The van der Waals surface area contributed by atoms with Crippen molar-refractivity contribution in [1.82, 2.24) is 15.0 Å². The van der Waals surface area contributed by atoms with Gasteiger partial charge in [-0.25, -0.2) is 9.78 Å². The number of rotatable bonds is 4. The zero-order valence-electron chi connectivity index (χ0n) is 15.5. The number of esters is 1. The van der Waals surface area contributed by atoms with Gasteiger partial charge < -0.3 is 20.1 Å². The Balaban J connectivity index is 1.81. The number of hydrogen-bond acceptors (Lipinski definition) is 8. The maximum Gasteiger partial charge on any atom is 0.341 e. The van der Waals surface area contributed by atoms with E-state index in [1.165, 1.54) is 13.3 Å². The van der Waals surface area contributed by atoms with Crippen LogP contribution in [0.4, 0.5) is 17.2 Å². The number of hydrogen-bond donors (Lipinski definition) is 2. The molecule has 28 heavy (non-hydrogen) atoms. The van der Waals surface area contributed by atoms with E-state index >= 15 is 0 Å². The molecule has 0 aromatic carbocycles. The SMILES string of the molecule is COC(=O)c1cnccc1Nc1cc(-c2cccc(C)n2)nc2c1OCCN2. The highest BCUT2D eigenvalue weighted by Gasteiger charge is 2.21. The van der Waals surface area contributed by atoms with Crippen LogP contribution in [0, 0.1) is 6.92 Å². The van der Waals surface area contributed by atoms with Gasteiger partial charge in [0.25, 0.3) is 0 Å². The molecule has 0 amide bonds. The summed E-state index contributed by atoms with van der Waals surface area (Å²) in [5.74, 6) is 0.747. The molecule has 1 aliphatic rings. The van der Waals surface area contributed by atoms with Gasteiger partial charge in [-0.1, -0.05) is 6.07 Å². The molecule has 4 heterocycles. The molecule has 0 spiro atoms. The van der Waals surface area contributed by atoms with Crippen LogP contribution >= 0.6 is 0 Å². The number of fused-ring (bicyclic) bond motifs is 1. The number of carbonyl (C=O) groups is 1. The predicted molar refractivity (Wildman–Crippen MR) is 105 cm³/mol. The lowest BCUT2D eigenvalue weighted by Crippen LogP contribution is -2.20.